The number of nitrogens with zero attached hydrogens (tertiary/aromatic N) is 3. The molecule has 18 heavy (non-hydrogen) atoms. The molecule has 0 amide bonds. The molecule has 1 N–H and O–H groups in total. The average Bonchev–Trinajstić information content (AvgIpc) is 2.36. The molecule has 0 saturated carbocycles. The second-order valence-corrected chi connectivity index (χ2v) is 4.27. The van der Waals surface area contributed by atoms with Crippen LogP contribution in [0.3, 0.4) is 0 Å². The first-order chi connectivity index (χ1) is 8.69. The maximum Gasteiger partial charge on any atom is 0.178 e. The molecule has 2 aromatic rings. The molecule has 0 atom stereocenters. The van der Waals surface area contributed by atoms with Gasteiger partial charge in [0.2, 0.25) is 0 Å². The summed E-state index contributed by atoms with van der Waals surface area (Å²) in [7, 11) is 0. The van der Waals surface area contributed by atoms with Gasteiger partial charge in [-0.2, -0.15) is 0 Å². The zero-order valence-electron chi connectivity index (χ0n) is 11.1. The summed E-state index contributed by atoms with van der Waals surface area (Å²) in [5.41, 5.74) is 3.78. The lowest BCUT2D eigenvalue weighted by Crippen LogP contribution is -2.14. The van der Waals surface area contributed by atoms with Gasteiger partial charge in [0.15, 0.2) is 5.82 Å². The van der Waals surface area contributed by atoms with Gasteiger partial charge in [0.25, 0.3) is 0 Å². The molecule has 0 radical (unpaired) electrons. The summed E-state index contributed by atoms with van der Waals surface area (Å²) in [4.78, 5) is 13.5. The molecule has 0 saturated heterocycles. The zero-order chi connectivity index (χ0) is 13.0. The Balaban J connectivity index is 2.35. The highest BCUT2D eigenvalue weighted by atomic mass is 15.0. The average molecular weight is 242 g/mol. The van der Waals surface area contributed by atoms with Crippen molar-refractivity contribution >= 4 is 0 Å². The Labute approximate surface area is 108 Å². The molecule has 0 bridgehead atoms. The first-order valence-electron chi connectivity index (χ1n) is 6.18. The van der Waals surface area contributed by atoms with Gasteiger partial charge >= 0.3 is 0 Å². The fourth-order valence-electron chi connectivity index (χ4n) is 1.76. The van der Waals surface area contributed by atoms with E-state index in [1.165, 1.54) is 0 Å². The van der Waals surface area contributed by atoms with Gasteiger partial charge in [0.05, 0.1) is 5.69 Å². The van der Waals surface area contributed by atoms with E-state index in [2.05, 4.69) is 27.2 Å². The number of nitrogens with one attached hydrogen (secondary N) is 1. The van der Waals surface area contributed by atoms with Crippen LogP contribution in [0.25, 0.3) is 11.5 Å². The molecule has 0 aliphatic heterocycles. The van der Waals surface area contributed by atoms with E-state index in [9.17, 15) is 0 Å². The molecule has 2 rings (SSSR count). The third-order valence-electron chi connectivity index (χ3n) is 2.58. The minimum Gasteiger partial charge on any atom is -0.311 e. The van der Waals surface area contributed by atoms with Crippen molar-refractivity contribution in [1.29, 1.82) is 0 Å². The summed E-state index contributed by atoms with van der Waals surface area (Å²) in [5, 5.41) is 3.27. The van der Waals surface area contributed by atoms with Gasteiger partial charge in [-0.05, 0) is 38.6 Å². The second-order valence-electron chi connectivity index (χ2n) is 4.27. The van der Waals surface area contributed by atoms with E-state index >= 15 is 0 Å². The SMILES string of the molecule is CCNCc1cc(C)nc(-c2cccc(C)n2)n1. The molecule has 0 aromatic carbocycles. The fourth-order valence-corrected chi connectivity index (χ4v) is 1.76. The molecule has 2 aromatic heterocycles. The number of aryl methyl sites for hydroxylation is 2. The highest BCUT2D eigenvalue weighted by molar-refractivity contribution is 5.49. The van der Waals surface area contributed by atoms with E-state index in [0.717, 1.165) is 35.9 Å². The maximum absolute atomic E-state index is 4.55. The lowest BCUT2D eigenvalue weighted by Gasteiger charge is -2.06. The van der Waals surface area contributed by atoms with Crippen molar-refractivity contribution in [3.8, 4) is 11.5 Å². The molecule has 94 valence electrons. The fraction of sp³-hybridized carbons (Fsp3) is 0.357. The summed E-state index contributed by atoms with van der Waals surface area (Å²) >= 11 is 0. The zero-order valence-corrected chi connectivity index (χ0v) is 11.1. The van der Waals surface area contributed by atoms with E-state index < -0.39 is 0 Å². The van der Waals surface area contributed by atoms with Gasteiger partial charge in [-0.1, -0.05) is 13.0 Å². The summed E-state index contributed by atoms with van der Waals surface area (Å²) in [6.45, 7) is 7.73. The van der Waals surface area contributed by atoms with Crippen molar-refractivity contribution in [2.24, 2.45) is 0 Å². The molecule has 0 spiro atoms. The minimum atomic E-state index is 0.701. The largest absolute Gasteiger partial charge is 0.311 e. The van der Waals surface area contributed by atoms with Crippen LogP contribution >= 0.6 is 0 Å². The van der Waals surface area contributed by atoms with E-state index in [4.69, 9.17) is 0 Å². The van der Waals surface area contributed by atoms with Crippen molar-refractivity contribution < 1.29 is 0 Å². The van der Waals surface area contributed by atoms with Gasteiger partial charge in [0, 0.05) is 17.9 Å². The van der Waals surface area contributed by atoms with Crippen LogP contribution in [0.15, 0.2) is 24.3 Å². The third-order valence-corrected chi connectivity index (χ3v) is 2.58. The standard InChI is InChI=1S/C14H18N4/c1-4-15-9-12-8-11(3)17-14(18-12)13-7-5-6-10(2)16-13/h5-8,15H,4,9H2,1-3H3. The third kappa shape index (κ3) is 3.11. The molecule has 0 fully saturated rings. The number of hydrogen-bond donors (Lipinski definition) is 1. The van der Waals surface area contributed by atoms with Crippen LogP contribution in [0, 0.1) is 13.8 Å². The van der Waals surface area contributed by atoms with Crippen LogP contribution in [0.5, 0.6) is 0 Å². The van der Waals surface area contributed by atoms with Crippen LogP contribution in [0.4, 0.5) is 0 Å². The number of rotatable bonds is 4. The van der Waals surface area contributed by atoms with Crippen LogP contribution < -0.4 is 5.32 Å². The van der Waals surface area contributed by atoms with Gasteiger partial charge in [-0.25, -0.2) is 15.0 Å². The van der Waals surface area contributed by atoms with E-state index in [0.29, 0.717) is 5.82 Å². The first-order valence-corrected chi connectivity index (χ1v) is 6.18. The van der Waals surface area contributed by atoms with Crippen molar-refractivity contribution in [3.05, 3.63) is 41.3 Å². The summed E-state index contributed by atoms with van der Waals surface area (Å²) < 4.78 is 0. The smallest absolute Gasteiger partial charge is 0.178 e. The first kappa shape index (κ1) is 12.6. The Kier molecular flexibility index (Phi) is 3.99. The maximum atomic E-state index is 4.55. The lowest BCUT2D eigenvalue weighted by atomic mass is 10.2. The molecule has 0 unspecified atom stereocenters. The Morgan fingerprint density at radius 2 is 1.89 bits per heavy atom. The van der Waals surface area contributed by atoms with Gasteiger partial charge in [0.1, 0.15) is 5.69 Å². The van der Waals surface area contributed by atoms with E-state index in [1.807, 2.05) is 38.1 Å². The highest BCUT2D eigenvalue weighted by Crippen LogP contribution is 2.13. The Morgan fingerprint density at radius 3 is 2.61 bits per heavy atom. The summed E-state index contributed by atoms with van der Waals surface area (Å²) in [6, 6.07) is 7.90. The lowest BCUT2D eigenvalue weighted by molar-refractivity contribution is 0.707. The molecular formula is C14H18N4. The monoisotopic (exact) mass is 242 g/mol. The molecule has 4 heteroatoms. The Morgan fingerprint density at radius 1 is 1.06 bits per heavy atom. The number of pyridine rings is 1. The molecule has 4 nitrogen and oxygen atoms in total. The van der Waals surface area contributed by atoms with Crippen LogP contribution in [-0.4, -0.2) is 21.5 Å². The Bertz CT molecular complexity index is 537. The van der Waals surface area contributed by atoms with Gasteiger partial charge in [-0.3, -0.25) is 0 Å². The normalized spacial score (nSPS) is 10.6. The predicted octanol–water partition coefficient (Wildman–Crippen LogP) is 2.26. The van der Waals surface area contributed by atoms with Crippen LogP contribution in [0.2, 0.25) is 0 Å². The molecule has 0 aliphatic carbocycles. The summed E-state index contributed by atoms with van der Waals surface area (Å²) in [5.74, 6) is 0.701. The molecule has 2 heterocycles. The minimum absolute atomic E-state index is 0.701. The van der Waals surface area contributed by atoms with E-state index in [-0.39, 0.29) is 0 Å². The highest BCUT2D eigenvalue weighted by Gasteiger charge is 2.06. The Hall–Kier alpha value is -1.81. The van der Waals surface area contributed by atoms with Gasteiger partial charge < -0.3 is 5.32 Å². The number of aromatic nitrogens is 3. The summed E-state index contributed by atoms with van der Waals surface area (Å²) in [6.07, 6.45) is 0. The molecule has 0 aliphatic rings. The van der Waals surface area contributed by atoms with Gasteiger partial charge in [-0.15, -0.1) is 0 Å². The quantitative estimate of drug-likeness (QED) is 0.893. The van der Waals surface area contributed by atoms with Crippen molar-refractivity contribution in [3.63, 3.8) is 0 Å². The second kappa shape index (κ2) is 5.69. The van der Waals surface area contributed by atoms with Crippen LogP contribution in [-0.2, 0) is 6.54 Å². The van der Waals surface area contributed by atoms with Crippen LogP contribution in [0.1, 0.15) is 24.0 Å². The molecular weight excluding hydrogens is 224 g/mol. The van der Waals surface area contributed by atoms with E-state index in [1.54, 1.807) is 0 Å². The number of hydrogen-bond acceptors (Lipinski definition) is 4. The van der Waals surface area contributed by atoms with Crippen molar-refractivity contribution in [2.75, 3.05) is 6.54 Å². The van der Waals surface area contributed by atoms with Crippen molar-refractivity contribution in [2.45, 2.75) is 27.3 Å². The topological polar surface area (TPSA) is 50.7 Å². The van der Waals surface area contributed by atoms with Crippen molar-refractivity contribution in [1.82, 2.24) is 20.3 Å². The predicted molar refractivity (Wildman–Crippen MR) is 72.1 cm³/mol.